The Morgan fingerprint density at radius 1 is 0.943 bits per heavy atom. The number of fused-ring (bicyclic) bond motifs is 2. The maximum Gasteiger partial charge on any atom is 0.266 e. The average molecular weight is 486 g/mol. The summed E-state index contributed by atoms with van der Waals surface area (Å²) in [5.74, 6) is -1.37. The third kappa shape index (κ3) is 4.00. The van der Waals surface area contributed by atoms with Gasteiger partial charge in [-0.05, 0) is 47.5 Å². The Morgan fingerprint density at radius 2 is 1.60 bits per heavy atom. The predicted octanol–water partition coefficient (Wildman–Crippen LogP) is 5.04. The van der Waals surface area contributed by atoms with Gasteiger partial charge in [0, 0.05) is 18.8 Å². The van der Waals surface area contributed by atoms with Gasteiger partial charge in [-0.2, -0.15) is 0 Å². The van der Waals surface area contributed by atoms with Gasteiger partial charge in [0.2, 0.25) is 11.8 Å². The lowest BCUT2D eigenvalue weighted by Gasteiger charge is -2.32. The van der Waals surface area contributed by atoms with Gasteiger partial charge < -0.3 is 10.2 Å². The molecule has 0 aromatic heterocycles. The van der Waals surface area contributed by atoms with E-state index >= 15 is 0 Å². The van der Waals surface area contributed by atoms with Gasteiger partial charge in [-0.15, -0.1) is 0 Å². The average Bonchev–Trinajstić information content (AvgIpc) is 3.09. The Bertz CT molecular complexity index is 1400. The summed E-state index contributed by atoms with van der Waals surface area (Å²) in [6.45, 7) is 1.46. The standard InChI is InChI=1S/C27H20ClN3O4/c1-16(32)30-13-12-17-6-2-3-7-19(17)24(30)15-25(33)29-18-10-11-23(22(28)14-18)31-26(34)20-8-4-5-9-21(20)27(31)35/h2-14,24H,15H2,1H3,(H,29,33)/t24-/m0/s1. The van der Waals surface area contributed by atoms with Crippen LogP contribution in [0.3, 0.4) is 0 Å². The highest BCUT2D eigenvalue weighted by molar-refractivity contribution is 6.40. The Labute approximate surface area is 206 Å². The molecule has 3 aromatic rings. The largest absolute Gasteiger partial charge is 0.326 e. The lowest BCUT2D eigenvalue weighted by atomic mass is 9.93. The first kappa shape index (κ1) is 22.6. The topological polar surface area (TPSA) is 86.8 Å². The monoisotopic (exact) mass is 485 g/mol. The van der Waals surface area contributed by atoms with Gasteiger partial charge in [0.15, 0.2) is 0 Å². The number of amides is 4. The van der Waals surface area contributed by atoms with Crippen molar-refractivity contribution in [2.45, 2.75) is 19.4 Å². The maximum absolute atomic E-state index is 12.9. The van der Waals surface area contributed by atoms with Gasteiger partial charge in [0.05, 0.1) is 34.3 Å². The minimum Gasteiger partial charge on any atom is -0.326 e. The van der Waals surface area contributed by atoms with Crippen LogP contribution in [-0.4, -0.2) is 28.5 Å². The molecule has 8 heteroatoms. The molecule has 0 bridgehead atoms. The number of benzene rings is 3. The molecule has 4 amide bonds. The first-order valence-corrected chi connectivity index (χ1v) is 11.4. The van der Waals surface area contributed by atoms with E-state index in [0.29, 0.717) is 16.8 Å². The highest BCUT2D eigenvalue weighted by Crippen LogP contribution is 2.36. The van der Waals surface area contributed by atoms with Crippen LogP contribution in [0.1, 0.15) is 51.2 Å². The second-order valence-corrected chi connectivity index (χ2v) is 8.70. The molecule has 0 unspecified atom stereocenters. The fourth-order valence-corrected chi connectivity index (χ4v) is 4.74. The number of hydrogen-bond acceptors (Lipinski definition) is 4. The quantitative estimate of drug-likeness (QED) is 0.524. The van der Waals surface area contributed by atoms with Crippen molar-refractivity contribution in [1.29, 1.82) is 0 Å². The van der Waals surface area contributed by atoms with E-state index in [1.807, 2.05) is 30.3 Å². The first-order valence-electron chi connectivity index (χ1n) is 11.0. The maximum atomic E-state index is 12.9. The van der Waals surface area contributed by atoms with E-state index in [0.717, 1.165) is 16.0 Å². The van der Waals surface area contributed by atoms with Crippen LogP contribution in [0.15, 0.2) is 72.9 Å². The fraction of sp³-hybridized carbons (Fsp3) is 0.111. The van der Waals surface area contributed by atoms with Gasteiger partial charge in [0.1, 0.15) is 0 Å². The van der Waals surface area contributed by atoms with E-state index in [1.165, 1.54) is 19.1 Å². The Hall–Kier alpha value is -4.23. The summed E-state index contributed by atoms with van der Waals surface area (Å²) in [4.78, 5) is 53.2. The van der Waals surface area contributed by atoms with Crippen molar-refractivity contribution in [2.75, 3.05) is 10.2 Å². The first-order chi connectivity index (χ1) is 16.8. The molecule has 0 spiro atoms. The minimum absolute atomic E-state index is 0.0404. The summed E-state index contributed by atoms with van der Waals surface area (Å²) in [6, 6.07) is 18.4. The number of anilines is 2. The van der Waals surface area contributed by atoms with E-state index in [-0.39, 0.29) is 28.9 Å². The summed E-state index contributed by atoms with van der Waals surface area (Å²) >= 11 is 6.43. The van der Waals surface area contributed by atoms with Crippen molar-refractivity contribution in [3.8, 4) is 0 Å². The van der Waals surface area contributed by atoms with Crippen molar-refractivity contribution < 1.29 is 19.2 Å². The van der Waals surface area contributed by atoms with Crippen LogP contribution in [0.4, 0.5) is 11.4 Å². The molecular weight excluding hydrogens is 466 g/mol. The Kier molecular flexibility index (Phi) is 5.70. The van der Waals surface area contributed by atoms with Gasteiger partial charge in [-0.25, -0.2) is 4.90 Å². The molecule has 2 heterocycles. The second-order valence-electron chi connectivity index (χ2n) is 8.30. The molecular formula is C27H20ClN3O4. The molecule has 3 aromatic carbocycles. The van der Waals surface area contributed by atoms with E-state index < -0.39 is 17.9 Å². The van der Waals surface area contributed by atoms with Crippen molar-refractivity contribution in [2.24, 2.45) is 0 Å². The number of halogens is 1. The van der Waals surface area contributed by atoms with Crippen LogP contribution in [0.2, 0.25) is 5.02 Å². The molecule has 0 aliphatic carbocycles. The van der Waals surface area contributed by atoms with Crippen molar-refractivity contribution in [1.82, 2.24) is 4.90 Å². The number of imide groups is 1. The molecule has 0 fully saturated rings. The zero-order valence-corrected chi connectivity index (χ0v) is 19.5. The van der Waals surface area contributed by atoms with Crippen LogP contribution in [0, 0.1) is 0 Å². The zero-order valence-electron chi connectivity index (χ0n) is 18.7. The molecule has 0 saturated heterocycles. The third-order valence-corrected chi connectivity index (χ3v) is 6.42. The smallest absolute Gasteiger partial charge is 0.266 e. The number of nitrogens with zero attached hydrogens (tertiary/aromatic N) is 2. The van der Waals surface area contributed by atoms with Gasteiger partial charge in [-0.3, -0.25) is 19.2 Å². The molecule has 174 valence electrons. The van der Waals surface area contributed by atoms with Crippen molar-refractivity contribution in [3.05, 3.63) is 100 Å². The summed E-state index contributed by atoms with van der Waals surface area (Å²) in [7, 11) is 0. The van der Waals surface area contributed by atoms with Crippen LogP contribution in [0.25, 0.3) is 6.08 Å². The fourth-order valence-electron chi connectivity index (χ4n) is 4.47. The van der Waals surface area contributed by atoms with E-state index in [4.69, 9.17) is 11.6 Å². The number of rotatable bonds is 4. The molecule has 35 heavy (non-hydrogen) atoms. The molecule has 0 saturated carbocycles. The van der Waals surface area contributed by atoms with E-state index in [1.54, 1.807) is 41.4 Å². The Morgan fingerprint density at radius 3 is 2.26 bits per heavy atom. The summed E-state index contributed by atoms with van der Waals surface area (Å²) < 4.78 is 0. The van der Waals surface area contributed by atoms with Crippen LogP contribution in [0.5, 0.6) is 0 Å². The molecule has 5 rings (SSSR count). The molecule has 7 nitrogen and oxygen atoms in total. The molecule has 1 atom stereocenters. The summed E-state index contributed by atoms with van der Waals surface area (Å²) in [5, 5.41) is 2.95. The molecule has 2 aliphatic rings. The lowest BCUT2D eigenvalue weighted by molar-refractivity contribution is -0.129. The van der Waals surface area contributed by atoms with Gasteiger partial charge in [-0.1, -0.05) is 48.0 Å². The zero-order chi connectivity index (χ0) is 24.7. The molecule has 2 aliphatic heterocycles. The molecule has 1 N–H and O–H groups in total. The van der Waals surface area contributed by atoms with Crippen LogP contribution < -0.4 is 10.2 Å². The number of carbonyl (C=O) groups is 4. The number of hydrogen-bond donors (Lipinski definition) is 1. The van der Waals surface area contributed by atoms with Gasteiger partial charge in [0.25, 0.3) is 11.8 Å². The third-order valence-electron chi connectivity index (χ3n) is 6.11. The van der Waals surface area contributed by atoms with Crippen LogP contribution >= 0.6 is 11.6 Å². The highest BCUT2D eigenvalue weighted by atomic mass is 35.5. The minimum atomic E-state index is -0.447. The van der Waals surface area contributed by atoms with E-state index in [2.05, 4.69) is 5.32 Å². The van der Waals surface area contributed by atoms with E-state index in [9.17, 15) is 19.2 Å². The highest BCUT2D eigenvalue weighted by Gasteiger charge is 2.37. The predicted molar refractivity (Wildman–Crippen MR) is 133 cm³/mol. The molecule has 0 radical (unpaired) electrons. The van der Waals surface area contributed by atoms with Crippen LogP contribution in [-0.2, 0) is 9.59 Å². The Balaban J connectivity index is 1.34. The summed E-state index contributed by atoms with van der Waals surface area (Å²) in [5.41, 5.74) is 3.14. The lowest BCUT2D eigenvalue weighted by Crippen LogP contribution is -2.33. The summed E-state index contributed by atoms with van der Waals surface area (Å²) in [6.07, 6.45) is 3.58. The number of nitrogens with one attached hydrogen (secondary N) is 1. The SMILES string of the molecule is CC(=O)N1C=Cc2ccccc2[C@@H]1CC(=O)Nc1ccc(N2C(=O)c3ccccc3C2=O)c(Cl)c1. The second kappa shape index (κ2) is 8.85. The normalized spacial score (nSPS) is 16.2. The number of carbonyl (C=O) groups excluding carboxylic acids is 4. The van der Waals surface area contributed by atoms with Crippen molar-refractivity contribution >= 4 is 52.7 Å². The van der Waals surface area contributed by atoms with Crippen molar-refractivity contribution in [3.63, 3.8) is 0 Å². The van der Waals surface area contributed by atoms with Gasteiger partial charge >= 0.3 is 0 Å².